The Hall–Kier alpha value is -2.74. The number of hydrogen-bond donors (Lipinski definition) is 2. The van der Waals surface area contributed by atoms with Gasteiger partial charge >= 0.3 is 0 Å². The van der Waals surface area contributed by atoms with Crippen LogP contribution in [0.4, 0.5) is 5.69 Å². The van der Waals surface area contributed by atoms with Crippen molar-refractivity contribution in [3.05, 3.63) is 81.3 Å². The molecule has 1 heterocycles. The number of nitrogens with zero attached hydrogens (tertiary/aromatic N) is 1. The minimum absolute atomic E-state index is 0.195. The molecule has 0 bridgehead atoms. The maximum absolute atomic E-state index is 12.5. The highest BCUT2D eigenvalue weighted by molar-refractivity contribution is 9.10. The number of carbonyl (C=O) groups is 1. The van der Waals surface area contributed by atoms with Crippen molar-refractivity contribution in [3.8, 4) is 11.5 Å². The first-order valence-corrected chi connectivity index (χ1v) is 11.5. The zero-order valence-corrected chi connectivity index (χ0v) is 20.4. The quantitative estimate of drug-likeness (QED) is 0.275. The number of fused-ring (bicyclic) bond motifs is 1. The largest absolute Gasteiger partial charge is 0.436 e. The van der Waals surface area contributed by atoms with E-state index in [0.29, 0.717) is 44.7 Å². The van der Waals surface area contributed by atoms with Gasteiger partial charge in [0.15, 0.2) is 10.7 Å². The number of thiocarbonyl (C=S) groups is 1. The number of rotatable bonds is 4. The third kappa shape index (κ3) is 5.01. The van der Waals surface area contributed by atoms with Crippen LogP contribution in [0.1, 0.15) is 35.7 Å². The lowest BCUT2D eigenvalue weighted by Gasteiger charge is -2.10. The molecule has 2 N–H and O–H groups in total. The summed E-state index contributed by atoms with van der Waals surface area (Å²) in [4.78, 5) is 17.0. The molecule has 0 unspecified atom stereocenters. The summed E-state index contributed by atoms with van der Waals surface area (Å²) in [6.07, 6.45) is 0. The Bertz CT molecular complexity index is 1320. The lowest BCUT2D eigenvalue weighted by molar-refractivity contribution is 0.0977. The van der Waals surface area contributed by atoms with Gasteiger partial charge in [-0.2, -0.15) is 0 Å². The zero-order chi connectivity index (χ0) is 22.8. The van der Waals surface area contributed by atoms with Crippen LogP contribution in [-0.2, 0) is 0 Å². The molecule has 0 spiro atoms. The van der Waals surface area contributed by atoms with Gasteiger partial charge in [0, 0.05) is 15.7 Å². The van der Waals surface area contributed by atoms with Crippen LogP contribution in [0.15, 0.2) is 69.6 Å². The van der Waals surface area contributed by atoms with Crippen LogP contribution in [0, 0.1) is 0 Å². The summed E-state index contributed by atoms with van der Waals surface area (Å²) in [5.41, 5.74) is 4.34. The average molecular weight is 529 g/mol. The highest BCUT2D eigenvalue weighted by atomic mass is 79.9. The Morgan fingerprint density at radius 1 is 1.09 bits per heavy atom. The Morgan fingerprint density at radius 3 is 2.56 bits per heavy atom. The van der Waals surface area contributed by atoms with Gasteiger partial charge in [0.05, 0.1) is 10.6 Å². The Labute approximate surface area is 204 Å². The average Bonchev–Trinajstić information content (AvgIpc) is 3.18. The molecule has 0 saturated carbocycles. The fourth-order valence-electron chi connectivity index (χ4n) is 3.14. The molecule has 1 amide bonds. The Kier molecular flexibility index (Phi) is 6.60. The van der Waals surface area contributed by atoms with Crippen LogP contribution in [0.5, 0.6) is 0 Å². The van der Waals surface area contributed by atoms with Gasteiger partial charge in [0.25, 0.3) is 5.91 Å². The van der Waals surface area contributed by atoms with Crippen molar-refractivity contribution in [2.75, 3.05) is 5.32 Å². The van der Waals surface area contributed by atoms with Gasteiger partial charge in [0.1, 0.15) is 5.52 Å². The van der Waals surface area contributed by atoms with E-state index in [2.05, 4.69) is 45.4 Å². The molecule has 4 rings (SSSR count). The number of halogens is 2. The van der Waals surface area contributed by atoms with Crippen molar-refractivity contribution in [2.45, 2.75) is 19.8 Å². The molecule has 3 aromatic carbocycles. The Morgan fingerprint density at radius 2 is 1.84 bits per heavy atom. The van der Waals surface area contributed by atoms with Crippen LogP contribution >= 0.6 is 39.7 Å². The highest BCUT2D eigenvalue weighted by Crippen LogP contribution is 2.33. The molecular formula is C24H19BrClN3O2S. The first kappa shape index (κ1) is 22.5. The molecule has 0 aliphatic rings. The number of nitrogens with one attached hydrogen (secondary N) is 2. The fourth-order valence-corrected chi connectivity index (χ4v) is 3.91. The minimum Gasteiger partial charge on any atom is -0.436 e. The van der Waals surface area contributed by atoms with E-state index >= 15 is 0 Å². The van der Waals surface area contributed by atoms with Gasteiger partial charge < -0.3 is 9.73 Å². The molecule has 162 valence electrons. The van der Waals surface area contributed by atoms with Crippen LogP contribution in [0.25, 0.3) is 22.6 Å². The van der Waals surface area contributed by atoms with Crippen LogP contribution in [-0.4, -0.2) is 16.0 Å². The molecule has 8 heteroatoms. The smallest absolute Gasteiger partial charge is 0.257 e. The van der Waals surface area contributed by atoms with Crippen molar-refractivity contribution < 1.29 is 9.21 Å². The topological polar surface area (TPSA) is 67.2 Å². The molecular weight excluding hydrogens is 510 g/mol. The van der Waals surface area contributed by atoms with Crippen LogP contribution in [0.2, 0.25) is 5.02 Å². The number of carbonyl (C=O) groups excluding carboxylic acids is 1. The number of oxazole rings is 1. The van der Waals surface area contributed by atoms with Crippen LogP contribution < -0.4 is 10.6 Å². The standard InChI is InChI=1S/C24H19BrClN3O2S/c1-13(2)14-3-5-15(6-4-14)22(30)29-24(32)27-17-8-10-21-20(12-17)28-23(31-21)18-11-16(25)7-9-19(18)26/h3-13H,1-2H3,(H2,27,29,30,32). The maximum atomic E-state index is 12.5. The minimum atomic E-state index is -0.271. The second-order valence-corrected chi connectivity index (χ2v) is 9.24. The second kappa shape index (κ2) is 9.40. The van der Waals surface area contributed by atoms with Gasteiger partial charge in [-0.25, -0.2) is 4.98 Å². The third-order valence-electron chi connectivity index (χ3n) is 4.87. The molecule has 0 fully saturated rings. The molecule has 1 aromatic heterocycles. The third-order valence-corrected chi connectivity index (χ3v) is 5.90. The second-order valence-electron chi connectivity index (χ2n) is 7.51. The fraction of sp³-hybridized carbons (Fsp3) is 0.125. The van der Waals surface area contributed by atoms with E-state index in [9.17, 15) is 4.79 Å². The van der Waals surface area contributed by atoms with Gasteiger partial charge in [-0.1, -0.05) is 53.5 Å². The number of amides is 1. The summed E-state index contributed by atoms with van der Waals surface area (Å²) >= 11 is 15.0. The highest BCUT2D eigenvalue weighted by Gasteiger charge is 2.14. The van der Waals surface area contributed by atoms with E-state index in [-0.39, 0.29) is 11.0 Å². The molecule has 0 aliphatic heterocycles. The van der Waals surface area contributed by atoms with Crippen molar-refractivity contribution in [3.63, 3.8) is 0 Å². The summed E-state index contributed by atoms with van der Waals surface area (Å²) in [6.45, 7) is 4.21. The first-order valence-electron chi connectivity index (χ1n) is 9.88. The van der Waals surface area contributed by atoms with E-state index in [1.165, 1.54) is 5.56 Å². The van der Waals surface area contributed by atoms with Gasteiger partial charge in [0.2, 0.25) is 5.89 Å². The van der Waals surface area contributed by atoms with E-state index in [0.717, 1.165) is 4.47 Å². The predicted octanol–water partition coefficient (Wildman–Crippen LogP) is 7.16. The monoisotopic (exact) mass is 527 g/mol. The number of anilines is 1. The number of benzene rings is 3. The lowest BCUT2D eigenvalue weighted by Crippen LogP contribution is -2.34. The number of aromatic nitrogens is 1. The predicted molar refractivity (Wildman–Crippen MR) is 136 cm³/mol. The molecule has 5 nitrogen and oxygen atoms in total. The van der Waals surface area contributed by atoms with Gasteiger partial charge in [-0.05, 0) is 72.2 Å². The SMILES string of the molecule is CC(C)c1ccc(C(=O)NC(=S)Nc2ccc3oc(-c4cc(Br)ccc4Cl)nc3c2)cc1. The van der Waals surface area contributed by atoms with Crippen molar-refractivity contribution >= 4 is 67.6 Å². The molecule has 0 aliphatic carbocycles. The Balaban J connectivity index is 1.47. The van der Waals surface area contributed by atoms with Crippen molar-refractivity contribution in [1.29, 1.82) is 0 Å². The van der Waals surface area contributed by atoms with Crippen LogP contribution in [0.3, 0.4) is 0 Å². The van der Waals surface area contributed by atoms with E-state index < -0.39 is 0 Å². The summed E-state index contributed by atoms with van der Waals surface area (Å²) in [5, 5.41) is 6.46. The van der Waals surface area contributed by atoms with E-state index in [1.54, 1.807) is 36.4 Å². The lowest BCUT2D eigenvalue weighted by atomic mass is 10.0. The van der Waals surface area contributed by atoms with Gasteiger partial charge in [-0.3, -0.25) is 10.1 Å². The van der Waals surface area contributed by atoms with E-state index in [4.69, 9.17) is 28.2 Å². The molecule has 32 heavy (non-hydrogen) atoms. The summed E-state index contributed by atoms with van der Waals surface area (Å²) in [6, 6.07) is 18.4. The van der Waals surface area contributed by atoms with Crippen molar-refractivity contribution in [1.82, 2.24) is 10.3 Å². The van der Waals surface area contributed by atoms with E-state index in [1.807, 2.05) is 24.3 Å². The zero-order valence-electron chi connectivity index (χ0n) is 17.3. The summed E-state index contributed by atoms with van der Waals surface area (Å²) in [5.74, 6) is 0.553. The molecule has 0 atom stereocenters. The normalized spacial score (nSPS) is 11.0. The van der Waals surface area contributed by atoms with Crippen molar-refractivity contribution in [2.24, 2.45) is 0 Å². The maximum Gasteiger partial charge on any atom is 0.257 e. The molecule has 0 saturated heterocycles. The number of hydrogen-bond acceptors (Lipinski definition) is 4. The summed E-state index contributed by atoms with van der Waals surface area (Å²) < 4.78 is 6.73. The molecule has 0 radical (unpaired) electrons. The molecule has 4 aromatic rings. The first-order chi connectivity index (χ1) is 15.3. The summed E-state index contributed by atoms with van der Waals surface area (Å²) in [7, 11) is 0. The van der Waals surface area contributed by atoms with Gasteiger partial charge in [-0.15, -0.1) is 0 Å².